The number of nitrogens with one attached hydrogen (secondary N) is 1. The van der Waals surface area contributed by atoms with Crippen molar-refractivity contribution in [3.05, 3.63) is 24.3 Å². The average molecular weight is 225 g/mol. The zero-order chi connectivity index (χ0) is 12.2. The first-order chi connectivity index (χ1) is 7.72. The molecule has 0 amide bonds. The van der Waals surface area contributed by atoms with Gasteiger partial charge >= 0.3 is 0 Å². The molecule has 1 N–H and O–H groups in total. The van der Waals surface area contributed by atoms with E-state index in [1.54, 1.807) is 19.1 Å². The molecule has 0 fully saturated rings. The van der Waals surface area contributed by atoms with Crippen molar-refractivity contribution in [2.75, 3.05) is 26.3 Å². The van der Waals surface area contributed by atoms with Gasteiger partial charge in [-0.15, -0.1) is 0 Å². The van der Waals surface area contributed by atoms with Crippen molar-refractivity contribution in [1.29, 1.82) is 0 Å². The fourth-order valence-corrected chi connectivity index (χ4v) is 1.34. The monoisotopic (exact) mass is 225 g/mol. The van der Waals surface area contributed by atoms with Gasteiger partial charge in [0.2, 0.25) is 0 Å². The molecule has 0 unspecified atom stereocenters. The van der Waals surface area contributed by atoms with Gasteiger partial charge in [0.1, 0.15) is 0 Å². The SMILES string of the molecule is C=CC=C(CCCNCCOCC)C(C)=O. The normalized spacial score (nSPS) is 11.5. The minimum atomic E-state index is 0.134. The number of allylic oxidation sites excluding steroid dienone is 3. The van der Waals surface area contributed by atoms with Gasteiger partial charge in [-0.05, 0) is 38.8 Å². The van der Waals surface area contributed by atoms with Crippen molar-refractivity contribution in [3.8, 4) is 0 Å². The van der Waals surface area contributed by atoms with E-state index >= 15 is 0 Å². The number of carbonyl (C=O) groups is 1. The Morgan fingerprint density at radius 3 is 2.75 bits per heavy atom. The molecule has 0 heterocycles. The molecule has 0 aliphatic heterocycles. The summed E-state index contributed by atoms with van der Waals surface area (Å²) in [6.45, 7) is 10.5. The summed E-state index contributed by atoms with van der Waals surface area (Å²) in [6, 6.07) is 0. The van der Waals surface area contributed by atoms with Gasteiger partial charge < -0.3 is 10.1 Å². The van der Waals surface area contributed by atoms with Crippen LogP contribution in [0, 0.1) is 0 Å². The standard InChI is InChI=1S/C13H23NO2/c1-4-7-13(12(3)15)8-6-9-14-10-11-16-5-2/h4,7,14H,1,5-6,8-11H2,2-3H3. The Morgan fingerprint density at radius 2 is 2.19 bits per heavy atom. The molecule has 0 atom stereocenters. The minimum Gasteiger partial charge on any atom is -0.380 e. The van der Waals surface area contributed by atoms with Crippen molar-refractivity contribution in [2.45, 2.75) is 26.7 Å². The Morgan fingerprint density at radius 1 is 1.44 bits per heavy atom. The molecule has 0 saturated carbocycles. The Labute approximate surface area is 98.6 Å². The summed E-state index contributed by atoms with van der Waals surface area (Å²) in [5, 5.41) is 3.27. The third-order valence-electron chi connectivity index (χ3n) is 2.20. The number of hydrogen-bond donors (Lipinski definition) is 1. The highest BCUT2D eigenvalue weighted by molar-refractivity contribution is 5.93. The lowest BCUT2D eigenvalue weighted by molar-refractivity contribution is -0.113. The molecule has 0 radical (unpaired) electrons. The van der Waals surface area contributed by atoms with Crippen LogP contribution < -0.4 is 5.32 Å². The van der Waals surface area contributed by atoms with Crippen LogP contribution in [-0.2, 0) is 9.53 Å². The molecule has 0 aliphatic rings. The molecule has 16 heavy (non-hydrogen) atoms. The predicted molar refractivity (Wildman–Crippen MR) is 67.6 cm³/mol. The van der Waals surface area contributed by atoms with Gasteiger partial charge in [-0.1, -0.05) is 18.7 Å². The Hall–Kier alpha value is -0.930. The summed E-state index contributed by atoms with van der Waals surface area (Å²) < 4.78 is 5.20. The van der Waals surface area contributed by atoms with Crippen LogP contribution in [0.2, 0.25) is 0 Å². The van der Waals surface area contributed by atoms with E-state index in [-0.39, 0.29) is 5.78 Å². The molecule has 0 aliphatic carbocycles. The van der Waals surface area contributed by atoms with Crippen molar-refractivity contribution in [2.24, 2.45) is 0 Å². The maximum Gasteiger partial charge on any atom is 0.155 e. The van der Waals surface area contributed by atoms with Crippen molar-refractivity contribution >= 4 is 5.78 Å². The predicted octanol–water partition coefficient (Wildman–Crippen LogP) is 2.09. The summed E-state index contributed by atoms with van der Waals surface area (Å²) >= 11 is 0. The number of ether oxygens (including phenoxy) is 1. The van der Waals surface area contributed by atoms with Crippen LogP contribution in [0.15, 0.2) is 24.3 Å². The summed E-state index contributed by atoms with van der Waals surface area (Å²) in [7, 11) is 0. The zero-order valence-electron chi connectivity index (χ0n) is 10.4. The van der Waals surface area contributed by atoms with Gasteiger partial charge in [-0.2, -0.15) is 0 Å². The molecule has 0 bridgehead atoms. The van der Waals surface area contributed by atoms with E-state index < -0.39 is 0 Å². The number of carbonyl (C=O) groups excluding carboxylic acids is 1. The second-order valence-electron chi connectivity index (χ2n) is 3.53. The first kappa shape index (κ1) is 15.1. The fourth-order valence-electron chi connectivity index (χ4n) is 1.34. The molecule has 0 aromatic carbocycles. The summed E-state index contributed by atoms with van der Waals surface area (Å²) in [5.41, 5.74) is 0.849. The number of ketones is 1. The van der Waals surface area contributed by atoms with Crippen LogP contribution >= 0.6 is 0 Å². The molecular weight excluding hydrogens is 202 g/mol. The average Bonchev–Trinajstić information content (AvgIpc) is 2.26. The molecule has 3 heteroatoms. The van der Waals surface area contributed by atoms with Gasteiger partial charge in [0, 0.05) is 13.2 Å². The van der Waals surface area contributed by atoms with E-state index in [1.165, 1.54) is 0 Å². The topological polar surface area (TPSA) is 38.3 Å². The quantitative estimate of drug-likeness (QED) is 0.351. The molecular formula is C13H23NO2. The number of rotatable bonds is 10. The van der Waals surface area contributed by atoms with Crippen molar-refractivity contribution < 1.29 is 9.53 Å². The fraction of sp³-hybridized carbons (Fsp3) is 0.615. The highest BCUT2D eigenvalue weighted by Crippen LogP contribution is 2.05. The molecule has 3 nitrogen and oxygen atoms in total. The van der Waals surface area contributed by atoms with Gasteiger partial charge in [0.15, 0.2) is 5.78 Å². The molecule has 0 aromatic heterocycles. The molecule has 0 spiro atoms. The summed E-state index contributed by atoms with van der Waals surface area (Å²) in [5.74, 6) is 0.134. The first-order valence-electron chi connectivity index (χ1n) is 5.83. The van der Waals surface area contributed by atoms with E-state index in [0.717, 1.165) is 44.7 Å². The maximum absolute atomic E-state index is 11.2. The van der Waals surface area contributed by atoms with E-state index in [0.29, 0.717) is 0 Å². The largest absolute Gasteiger partial charge is 0.380 e. The smallest absolute Gasteiger partial charge is 0.155 e. The Kier molecular flexibility index (Phi) is 9.97. The van der Waals surface area contributed by atoms with Crippen LogP contribution in [0.3, 0.4) is 0 Å². The Balaban J connectivity index is 3.52. The van der Waals surface area contributed by atoms with Crippen LogP contribution in [0.4, 0.5) is 0 Å². The van der Waals surface area contributed by atoms with Crippen molar-refractivity contribution in [3.63, 3.8) is 0 Å². The van der Waals surface area contributed by atoms with Crippen LogP contribution in [0.1, 0.15) is 26.7 Å². The van der Waals surface area contributed by atoms with Gasteiger partial charge in [0.25, 0.3) is 0 Å². The lowest BCUT2D eigenvalue weighted by Gasteiger charge is -2.05. The van der Waals surface area contributed by atoms with Gasteiger partial charge in [-0.25, -0.2) is 0 Å². The second-order valence-corrected chi connectivity index (χ2v) is 3.53. The van der Waals surface area contributed by atoms with E-state index in [2.05, 4.69) is 11.9 Å². The highest BCUT2D eigenvalue weighted by atomic mass is 16.5. The Bertz CT molecular complexity index is 234. The second kappa shape index (κ2) is 10.6. The maximum atomic E-state index is 11.2. The van der Waals surface area contributed by atoms with Crippen molar-refractivity contribution in [1.82, 2.24) is 5.32 Å². The molecule has 0 saturated heterocycles. The lowest BCUT2D eigenvalue weighted by atomic mass is 10.1. The molecule has 92 valence electrons. The van der Waals surface area contributed by atoms with Crippen LogP contribution in [0.5, 0.6) is 0 Å². The van der Waals surface area contributed by atoms with Gasteiger partial charge in [-0.3, -0.25) is 4.79 Å². The summed E-state index contributed by atoms with van der Waals surface area (Å²) in [4.78, 5) is 11.2. The first-order valence-corrected chi connectivity index (χ1v) is 5.83. The molecule has 0 rings (SSSR count). The van der Waals surface area contributed by atoms with E-state index in [4.69, 9.17) is 4.74 Å². The minimum absolute atomic E-state index is 0.134. The highest BCUT2D eigenvalue weighted by Gasteiger charge is 2.01. The van der Waals surface area contributed by atoms with Gasteiger partial charge in [0.05, 0.1) is 6.61 Å². The number of hydrogen-bond acceptors (Lipinski definition) is 3. The number of Topliss-reactive ketones (excluding diaryl/α,β-unsaturated/α-hetero) is 1. The third kappa shape index (κ3) is 8.38. The third-order valence-corrected chi connectivity index (χ3v) is 2.20. The van der Waals surface area contributed by atoms with E-state index in [1.807, 2.05) is 6.92 Å². The molecule has 0 aromatic rings. The van der Waals surface area contributed by atoms with Crippen LogP contribution in [0.25, 0.3) is 0 Å². The lowest BCUT2D eigenvalue weighted by Crippen LogP contribution is -2.21. The zero-order valence-corrected chi connectivity index (χ0v) is 10.4. The van der Waals surface area contributed by atoms with Crippen LogP contribution in [-0.4, -0.2) is 32.1 Å². The van der Waals surface area contributed by atoms with E-state index in [9.17, 15) is 4.79 Å². The summed E-state index contributed by atoms with van der Waals surface area (Å²) in [6.07, 6.45) is 5.23.